The summed E-state index contributed by atoms with van der Waals surface area (Å²) in [6.45, 7) is 4.17. The Labute approximate surface area is 246 Å². The van der Waals surface area contributed by atoms with Crippen LogP contribution in [0.1, 0.15) is 63.4 Å². The van der Waals surface area contributed by atoms with Crippen molar-refractivity contribution in [3.8, 4) is 11.5 Å². The molecule has 2 fully saturated rings. The summed E-state index contributed by atoms with van der Waals surface area (Å²) >= 11 is 0. The van der Waals surface area contributed by atoms with E-state index in [2.05, 4.69) is 10.4 Å². The van der Waals surface area contributed by atoms with Crippen molar-refractivity contribution in [3.63, 3.8) is 0 Å². The van der Waals surface area contributed by atoms with Gasteiger partial charge in [-0.05, 0) is 49.6 Å². The number of nitrogens with one attached hydrogen (secondary N) is 1. The van der Waals surface area contributed by atoms with Gasteiger partial charge in [-0.15, -0.1) is 0 Å². The Kier molecular flexibility index (Phi) is 8.83. The molecule has 0 spiro atoms. The number of benzene rings is 2. The number of para-hydroxylation sites is 1. The first-order valence-corrected chi connectivity index (χ1v) is 16.0. The van der Waals surface area contributed by atoms with E-state index in [1.165, 1.54) is 10.6 Å². The van der Waals surface area contributed by atoms with Gasteiger partial charge in [0.2, 0.25) is 10.0 Å². The lowest BCUT2D eigenvalue weighted by atomic mass is 10.1. The maximum atomic E-state index is 12.9. The second-order valence-corrected chi connectivity index (χ2v) is 12.6. The molecule has 1 N–H and O–H groups in total. The molecule has 224 valence electrons. The predicted octanol–water partition coefficient (Wildman–Crippen LogP) is 2.92. The molecule has 5 rings (SSSR count). The minimum Gasteiger partial charge on any atom is -0.490 e. The molecule has 1 saturated heterocycles. The highest BCUT2D eigenvalue weighted by molar-refractivity contribution is 7.88. The molecule has 1 aliphatic heterocycles. The van der Waals surface area contributed by atoms with Crippen LogP contribution in [-0.4, -0.2) is 78.3 Å². The number of ether oxygens (including phenoxy) is 2. The number of amides is 2. The van der Waals surface area contributed by atoms with Gasteiger partial charge in [-0.1, -0.05) is 24.3 Å². The molecule has 1 saturated carbocycles. The number of aromatic nitrogens is 2. The Hall–Kier alpha value is -3.90. The lowest BCUT2D eigenvalue weighted by Gasteiger charge is -2.33. The normalized spacial score (nSPS) is 15.8. The summed E-state index contributed by atoms with van der Waals surface area (Å²) in [6.07, 6.45) is 3.43. The molecule has 0 unspecified atom stereocenters. The quantitative estimate of drug-likeness (QED) is 0.362. The zero-order valence-electron chi connectivity index (χ0n) is 24.2. The molecule has 11 nitrogen and oxygen atoms in total. The van der Waals surface area contributed by atoms with Crippen molar-refractivity contribution in [2.75, 3.05) is 39.0 Å². The predicted molar refractivity (Wildman–Crippen MR) is 157 cm³/mol. The molecule has 0 radical (unpaired) electrons. The smallest absolute Gasteiger partial charge is 0.269 e. The van der Waals surface area contributed by atoms with Crippen LogP contribution in [0.25, 0.3) is 0 Å². The Morgan fingerprint density at radius 2 is 1.74 bits per heavy atom. The molecule has 2 aliphatic rings. The molecule has 2 amide bonds. The number of sulfonamides is 1. The van der Waals surface area contributed by atoms with E-state index in [0.717, 1.165) is 29.7 Å². The molecule has 0 bridgehead atoms. The number of rotatable bonds is 11. The summed E-state index contributed by atoms with van der Waals surface area (Å²) in [4.78, 5) is 27.5. The van der Waals surface area contributed by atoms with Gasteiger partial charge in [0.25, 0.3) is 11.8 Å². The summed E-state index contributed by atoms with van der Waals surface area (Å²) in [5.74, 6) is 1.28. The highest BCUT2D eigenvalue weighted by Gasteiger charge is 2.28. The fourth-order valence-corrected chi connectivity index (χ4v) is 5.81. The molecule has 1 aromatic heterocycles. The highest BCUT2D eigenvalue weighted by atomic mass is 32.2. The minimum absolute atomic E-state index is 0.126. The fourth-order valence-electron chi connectivity index (χ4n) is 4.98. The molecule has 3 aromatic rings. The van der Waals surface area contributed by atoms with E-state index in [9.17, 15) is 18.0 Å². The van der Waals surface area contributed by atoms with Gasteiger partial charge in [-0.3, -0.25) is 14.3 Å². The largest absolute Gasteiger partial charge is 0.490 e. The number of piperazine rings is 1. The lowest BCUT2D eigenvalue weighted by Crippen LogP contribution is -2.50. The van der Waals surface area contributed by atoms with E-state index in [1.807, 2.05) is 43.3 Å². The van der Waals surface area contributed by atoms with Crippen LogP contribution in [0.2, 0.25) is 0 Å². The maximum Gasteiger partial charge on any atom is 0.269 e. The van der Waals surface area contributed by atoms with E-state index in [0.29, 0.717) is 61.5 Å². The summed E-state index contributed by atoms with van der Waals surface area (Å²) in [5, 5.41) is 7.46. The molecule has 42 heavy (non-hydrogen) atoms. The maximum absolute atomic E-state index is 12.9. The first-order chi connectivity index (χ1) is 20.1. The van der Waals surface area contributed by atoms with Crippen LogP contribution in [-0.2, 0) is 30.2 Å². The van der Waals surface area contributed by atoms with E-state index in [-0.39, 0.29) is 25.0 Å². The Balaban J connectivity index is 1.19. The van der Waals surface area contributed by atoms with Gasteiger partial charge < -0.3 is 19.7 Å². The molecule has 12 heteroatoms. The Bertz CT molecular complexity index is 1540. The highest BCUT2D eigenvalue weighted by Crippen LogP contribution is 2.39. The first kappa shape index (κ1) is 29.6. The molecular weight excluding hydrogens is 558 g/mol. The summed E-state index contributed by atoms with van der Waals surface area (Å²) in [5.41, 5.74) is 3.71. The van der Waals surface area contributed by atoms with Gasteiger partial charge in [0.05, 0.1) is 18.6 Å². The van der Waals surface area contributed by atoms with Crippen molar-refractivity contribution in [3.05, 3.63) is 76.6 Å². The van der Waals surface area contributed by atoms with Crippen LogP contribution in [0.15, 0.2) is 48.5 Å². The summed E-state index contributed by atoms with van der Waals surface area (Å²) < 4.78 is 38.5. The van der Waals surface area contributed by atoms with Crippen LogP contribution in [0.5, 0.6) is 11.5 Å². The minimum atomic E-state index is -3.25. The van der Waals surface area contributed by atoms with Gasteiger partial charge in [-0.2, -0.15) is 9.40 Å². The van der Waals surface area contributed by atoms with Gasteiger partial charge in [0.15, 0.2) is 11.5 Å². The van der Waals surface area contributed by atoms with Gasteiger partial charge >= 0.3 is 0 Å². The van der Waals surface area contributed by atoms with Crippen LogP contribution in [0.3, 0.4) is 0 Å². The van der Waals surface area contributed by atoms with Crippen LogP contribution >= 0.6 is 0 Å². The van der Waals surface area contributed by atoms with E-state index in [1.54, 1.807) is 28.8 Å². The molecular formula is C30H37N5O6S. The Morgan fingerprint density at radius 1 is 1.02 bits per heavy atom. The number of nitrogens with zero attached hydrogens (tertiary/aromatic N) is 4. The summed E-state index contributed by atoms with van der Waals surface area (Å²) in [7, 11) is -1.47. The standard InChI is InChI=1S/C30H37N5O6S/c1-4-40-28-24(19-31-29(36)26-18-25(22-12-13-22)32-33(26)2)6-5-7-27(28)41-20-21-8-10-23(11-9-21)30(37)34-14-16-35(17-15-34)42(3,38)39/h5-11,18,22H,4,12-17,19-20H2,1-3H3,(H,31,36). The van der Waals surface area contributed by atoms with Gasteiger partial charge in [0.1, 0.15) is 12.3 Å². The second-order valence-electron chi connectivity index (χ2n) is 10.7. The van der Waals surface area contributed by atoms with Crippen LogP contribution in [0.4, 0.5) is 0 Å². The third kappa shape index (κ3) is 6.93. The average Bonchev–Trinajstić information content (AvgIpc) is 3.76. The first-order valence-electron chi connectivity index (χ1n) is 14.2. The fraction of sp³-hybridized carbons (Fsp3) is 0.433. The molecule has 2 aromatic carbocycles. The van der Waals surface area contributed by atoms with Gasteiger partial charge in [-0.25, -0.2) is 8.42 Å². The molecule has 2 heterocycles. The van der Waals surface area contributed by atoms with Crippen LogP contribution < -0.4 is 14.8 Å². The van der Waals surface area contributed by atoms with Crippen molar-refractivity contribution in [2.45, 2.75) is 38.8 Å². The molecule has 1 aliphatic carbocycles. The van der Waals surface area contributed by atoms with Crippen LogP contribution in [0, 0.1) is 0 Å². The SMILES string of the molecule is CCOc1c(CNC(=O)c2cc(C3CC3)nn2C)cccc1OCc1ccc(C(=O)N2CCN(S(C)(=O)=O)CC2)cc1. The number of hydrogen-bond acceptors (Lipinski definition) is 7. The van der Waals surface area contributed by atoms with E-state index < -0.39 is 10.0 Å². The topological polar surface area (TPSA) is 123 Å². The van der Waals surface area contributed by atoms with Crippen molar-refractivity contribution < 1.29 is 27.5 Å². The third-order valence-corrected chi connectivity index (χ3v) is 8.81. The van der Waals surface area contributed by atoms with E-state index in [4.69, 9.17) is 9.47 Å². The zero-order valence-corrected chi connectivity index (χ0v) is 25.0. The van der Waals surface area contributed by atoms with E-state index >= 15 is 0 Å². The monoisotopic (exact) mass is 595 g/mol. The van der Waals surface area contributed by atoms with Gasteiger partial charge in [0, 0.05) is 56.8 Å². The Morgan fingerprint density at radius 3 is 2.38 bits per heavy atom. The number of carbonyl (C=O) groups excluding carboxylic acids is 2. The lowest BCUT2D eigenvalue weighted by molar-refractivity contribution is 0.0698. The third-order valence-electron chi connectivity index (χ3n) is 7.51. The summed E-state index contributed by atoms with van der Waals surface area (Å²) in [6, 6.07) is 14.6. The van der Waals surface area contributed by atoms with Crippen molar-refractivity contribution in [2.24, 2.45) is 7.05 Å². The molecule has 0 atom stereocenters. The van der Waals surface area contributed by atoms with Crippen molar-refractivity contribution >= 4 is 21.8 Å². The number of aryl methyl sites for hydroxylation is 1. The van der Waals surface area contributed by atoms with Crippen molar-refractivity contribution in [1.82, 2.24) is 24.3 Å². The number of carbonyl (C=O) groups is 2. The van der Waals surface area contributed by atoms with Crippen molar-refractivity contribution in [1.29, 1.82) is 0 Å². The zero-order chi connectivity index (χ0) is 29.9. The number of hydrogen-bond donors (Lipinski definition) is 1. The second kappa shape index (κ2) is 12.5. The average molecular weight is 596 g/mol.